The number of anilines is 1. The minimum absolute atomic E-state index is 0.0363. The number of carbonyl (C=O) groups is 2. The molecule has 3 aromatic rings. The minimum atomic E-state index is -4.80. The second kappa shape index (κ2) is 15.3. The standard InChI is InChI=1S/C35H36ClF8N9O3/c1-32(2,3)17-34(21-8-6-18(12-23(21)37)20-14-48-51(15-20)29(40)41)28(54)52(30(45)49-34)25(16-56-31(55)50-33(10-11-33)35(42,43)44)19-7-9-22(36)24(13-19)53(47-5)27(46-4)26(38)39/h6-9,12-15,25-26,29H,5,10-11,16-17H2,1-4H3,(H2,45,49)(H,50,55)/b46-27-/t25-,34-/m1/s1. The summed E-state index contributed by atoms with van der Waals surface area (Å²) >= 11 is 6.39. The van der Waals surface area contributed by atoms with E-state index in [9.17, 15) is 40.3 Å². The first-order chi connectivity index (χ1) is 26.1. The third kappa shape index (κ3) is 8.15. The van der Waals surface area contributed by atoms with Gasteiger partial charge in [-0.1, -0.05) is 50.6 Å². The Morgan fingerprint density at radius 2 is 1.82 bits per heavy atom. The van der Waals surface area contributed by atoms with Crippen molar-refractivity contribution in [1.29, 1.82) is 5.41 Å². The van der Waals surface area contributed by atoms with Gasteiger partial charge in [0.25, 0.3) is 12.3 Å². The summed E-state index contributed by atoms with van der Waals surface area (Å²) in [6.45, 7) is 4.65. The van der Waals surface area contributed by atoms with Crippen LogP contribution in [0.3, 0.4) is 0 Å². The number of hydrogen-bond donors (Lipinski definition) is 3. The Morgan fingerprint density at radius 3 is 2.34 bits per heavy atom. The van der Waals surface area contributed by atoms with Gasteiger partial charge in [-0.05, 0) is 54.0 Å². The smallest absolute Gasteiger partial charge is 0.411 e. The van der Waals surface area contributed by atoms with Crippen LogP contribution in [0.15, 0.2) is 58.9 Å². The van der Waals surface area contributed by atoms with Crippen molar-refractivity contribution in [3.63, 3.8) is 0 Å². The maximum atomic E-state index is 16.3. The Kier molecular flexibility index (Phi) is 11.5. The summed E-state index contributed by atoms with van der Waals surface area (Å²) in [6.07, 6.45) is -8.34. The van der Waals surface area contributed by atoms with Crippen LogP contribution in [0.5, 0.6) is 0 Å². The number of amides is 2. The molecule has 1 saturated heterocycles. The maximum Gasteiger partial charge on any atom is 0.411 e. The number of guanidine groups is 1. The molecule has 3 N–H and O–H groups in total. The molecule has 2 amide bonds. The van der Waals surface area contributed by atoms with Crippen LogP contribution in [0, 0.1) is 16.6 Å². The molecule has 2 heterocycles. The van der Waals surface area contributed by atoms with Gasteiger partial charge in [0.1, 0.15) is 23.5 Å². The van der Waals surface area contributed by atoms with E-state index < -0.39 is 90.7 Å². The molecule has 1 saturated carbocycles. The molecule has 302 valence electrons. The number of ether oxygens (including phenoxy) is 1. The Balaban J connectivity index is 1.61. The lowest BCUT2D eigenvalue weighted by atomic mass is 9.75. The predicted molar refractivity (Wildman–Crippen MR) is 190 cm³/mol. The Bertz CT molecular complexity index is 2050. The van der Waals surface area contributed by atoms with E-state index in [2.05, 4.69) is 27.2 Å². The highest BCUT2D eigenvalue weighted by Gasteiger charge is 2.65. The van der Waals surface area contributed by atoms with E-state index in [0.717, 1.165) is 36.5 Å². The molecule has 56 heavy (non-hydrogen) atoms. The molecular formula is C35H36ClF8N9O3. The molecule has 5 rings (SSSR count). The van der Waals surface area contributed by atoms with Gasteiger partial charge >= 0.3 is 18.8 Å². The normalized spacial score (nSPS) is 19.0. The van der Waals surface area contributed by atoms with Crippen LogP contribution < -0.4 is 15.6 Å². The lowest BCUT2D eigenvalue weighted by Crippen LogP contribution is -2.49. The highest BCUT2D eigenvalue weighted by Crippen LogP contribution is 2.49. The van der Waals surface area contributed by atoms with E-state index in [1.54, 1.807) is 20.8 Å². The number of aromatic nitrogens is 2. The van der Waals surface area contributed by atoms with Crippen molar-refractivity contribution < 1.29 is 49.4 Å². The van der Waals surface area contributed by atoms with Crippen molar-refractivity contribution in [2.45, 2.75) is 76.3 Å². The molecular weight excluding hydrogens is 782 g/mol. The summed E-state index contributed by atoms with van der Waals surface area (Å²) in [5.74, 6) is -3.47. The van der Waals surface area contributed by atoms with Gasteiger partial charge in [-0.15, -0.1) is 0 Å². The minimum Gasteiger partial charge on any atom is -0.447 e. The molecule has 1 aliphatic carbocycles. The van der Waals surface area contributed by atoms with Crippen molar-refractivity contribution in [2.75, 3.05) is 18.7 Å². The maximum absolute atomic E-state index is 16.3. The van der Waals surface area contributed by atoms with Gasteiger partial charge in [0.15, 0.2) is 11.8 Å². The van der Waals surface area contributed by atoms with E-state index in [0.29, 0.717) is 9.69 Å². The molecule has 2 fully saturated rings. The number of rotatable bonds is 12. The molecule has 0 spiro atoms. The molecule has 1 aliphatic heterocycles. The number of aliphatic imine (C=N–C) groups is 1. The number of hydrazone groups is 1. The van der Waals surface area contributed by atoms with Gasteiger partial charge in [-0.3, -0.25) is 20.1 Å². The first-order valence-electron chi connectivity index (χ1n) is 16.7. The Labute approximate surface area is 320 Å². The zero-order chi connectivity index (χ0) is 41.5. The van der Waals surface area contributed by atoms with Crippen molar-refractivity contribution in [3.8, 4) is 11.1 Å². The van der Waals surface area contributed by atoms with Crippen molar-refractivity contribution >= 4 is 47.8 Å². The average Bonchev–Trinajstić information content (AvgIpc) is 3.64. The lowest BCUT2D eigenvalue weighted by molar-refractivity contribution is -0.164. The number of alkyl carbamates (subject to hydrolysis) is 1. The summed E-state index contributed by atoms with van der Waals surface area (Å²) in [7, 11) is 1.06. The summed E-state index contributed by atoms with van der Waals surface area (Å²) in [4.78, 5) is 32.1. The first-order valence-corrected chi connectivity index (χ1v) is 17.1. The molecule has 0 radical (unpaired) electrons. The number of carbonyl (C=O) groups excluding carboxylic acids is 2. The van der Waals surface area contributed by atoms with Crippen LogP contribution in [-0.4, -0.2) is 77.0 Å². The molecule has 0 bridgehead atoms. The quantitative estimate of drug-likeness (QED) is 0.0733. The number of alkyl halides is 7. The number of benzene rings is 2. The fourth-order valence-electron chi connectivity index (χ4n) is 6.51. The second-order valence-electron chi connectivity index (χ2n) is 14.3. The number of nitrogens with one attached hydrogen (secondary N) is 3. The second-order valence-corrected chi connectivity index (χ2v) is 14.7. The zero-order valence-corrected chi connectivity index (χ0v) is 31.0. The van der Waals surface area contributed by atoms with Gasteiger partial charge < -0.3 is 15.4 Å². The van der Waals surface area contributed by atoms with E-state index in [4.69, 9.17) is 21.7 Å². The topological polar surface area (TPSA) is 140 Å². The summed E-state index contributed by atoms with van der Waals surface area (Å²) in [5, 5.41) is 21.2. The largest absolute Gasteiger partial charge is 0.447 e. The molecule has 2 aromatic carbocycles. The lowest BCUT2D eigenvalue weighted by Gasteiger charge is -2.35. The number of halogens is 9. The Hall–Kier alpha value is -5.27. The van der Waals surface area contributed by atoms with Gasteiger partial charge in [0, 0.05) is 31.1 Å². The van der Waals surface area contributed by atoms with Gasteiger partial charge in [-0.2, -0.15) is 32.2 Å². The fraction of sp³-hybridized carbons (Fsp3) is 0.429. The van der Waals surface area contributed by atoms with Gasteiger partial charge in [0.05, 0.1) is 22.9 Å². The first kappa shape index (κ1) is 41.9. The summed E-state index contributed by atoms with van der Waals surface area (Å²) in [5.41, 5.74) is -5.58. The average molecular weight is 818 g/mol. The Morgan fingerprint density at radius 1 is 1.14 bits per heavy atom. The molecule has 21 heteroatoms. The summed E-state index contributed by atoms with van der Waals surface area (Å²) in [6, 6.07) is 5.71. The van der Waals surface area contributed by atoms with Crippen LogP contribution in [0.4, 0.5) is 45.6 Å². The van der Waals surface area contributed by atoms with Crippen LogP contribution >= 0.6 is 11.6 Å². The number of amidine groups is 1. The highest BCUT2D eigenvalue weighted by atomic mass is 35.5. The zero-order valence-electron chi connectivity index (χ0n) is 30.2. The summed E-state index contributed by atoms with van der Waals surface area (Å²) < 4.78 is 117. The molecule has 0 unspecified atom stereocenters. The van der Waals surface area contributed by atoms with E-state index in [-0.39, 0.29) is 39.4 Å². The SMILES string of the molecule is C=NN(/C(=N\C)C(F)F)c1cc([C@@H](COC(=O)NC2(C(F)(F)F)CC2)N2C(=N)N[C@](CC(C)(C)C)(c3ccc(-c4cnn(C(F)F)c4)cc3F)C2=O)ccc1Cl. The number of hydrogen-bond acceptors (Lipinski definition) is 7. The predicted octanol–water partition coefficient (Wildman–Crippen LogP) is 8.01. The van der Waals surface area contributed by atoms with E-state index >= 15 is 4.39 Å². The highest BCUT2D eigenvalue weighted by molar-refractivity contribution is 6.34. The number of nitrogens with zero attached hydrogens (tertiary/aromatic N) is 6. The molecule has 1 aromatic heterocycles. The van der Waals surface area contributed by atoms with Crippen molar-refractivity contribution in [2.24, 2.45) is 15.5 Å². The van der Waals surface area contributed by atoms with Crippen LogP contribution in [0.1, 0.15) is 63.8 Å². The third-order valence-corrected chi connectivity index (χ3v) is 9.52. The molecule has 2 aliphatic rings. The monoisotopic (exact) mass is 817 g/mol. The van der Waals surface area contributed by atoms with Crippen molar-refractivity contribution in [1.82, 2.24) is 25.3 Å². The van der Waals surface area contributed by atoms with E-state index in [1.165, 1.54) is 24.3 Å². The molecule has 12 nitrogen and oxygen atoms in total. The fourth-order valence-corrected chi connectivity index (χ4v) is 6.71. The van der Waals surface area contributed by atoms with Crippen LogP contribution in [0.2, 0.25) is 5.02 Å². The third-order valence-electron chi connectivity index (χ3n) is 9.20. The molecule has 2 atom stereocenters. The van der Waals surface area contributed by atoms with Crippen LogP contribution in [0.25, 0.3) is 11.1 Å². The van der Waals surface area contributed by atoms with Gasteiger partial charge in [0.2, 0.25) is 0 Å². The van der Waals surface area contributed by atoms with Gasteiger partial charge in [-0.25, -0.2) is 27.7 Å². The van der Waals surface area contributed by atoms with Crippen LogP contribution in [-0.2, 0) is 15.1 Å². The van der Waals surface area contributed by atoms with E-state index in [1.807, 2.05) is 5.32 Å². The van der Waals surface area contributed by atoms with Crippen molar-refractivity contribution in [3.05, 3.63) is 70.8 Å².